The van der Waals surface area contributed by atoms with E-state index in [0.29, 0.717) is 10.8 Å². The lowest BCUT2D eigenvalue weighted by atomic mass is 9.86. The highest BCUT2D eigenvalue weighted by atomic mass is 35.5. The zero-order chi connectivity index (χ0) is 20.9. The van der Waals surface area contributed by atoms with Gasteiger partial charge in [0.15, 0.2) is 0 Å². The smallest absolute Gasteiger partial charge is 0.475 e. The number of amides is 1. The van der Waals surface area contributed by atoms with Gasteiger partial charge in [0, 0.05) is 22.4 Å². The molecule has 152 valence electrons. The van der Waals surface area contributed by atoms with Crippen LogP contribution in [0.1, 0.15) is 25.7 Å². The highest BCUT2D eigenvalue weighted by Crippen LogP contribution is 2.25. The standard InChI is InChI=1S/C16H18ClN3O.C2HF3O2/c17-12-4-7-14-11(9-12)3-8-15(19-14)20-16(21)10-1-5-13(18)6-2-10;3-2(4,5)1(6)7/h3-4,7-10,13H,1-2,5-6,18H2,(H,19,20,21);(H,6,7). The second kappa shape index (κ2) is 9.20. The molecule has 0 saturated heterocycles. The van der Waals surface area contributed by atoms with E-state index in [-0.39, 0.29) is 17.9 Å². The Balaban J connectivity index is 0.000000345. The minimum Gasteiger partial charge on any atom is -0.475 e. The number of aliphatic carboxylic acids is 1. The fourth-order valence-electron chi connectivity index (χ4n) is 2.78. The van der Waals surface area contributed by atoms with Crippen LogP contribution in [0.5, 0.6) is 0 Å². The van der Waals surface area contributed by atoms with E-state index in [0.717, 1.165) is 36.6 Å². The molecule has 0 bridgehead atoms. The number of carbonyl (C=O) groups is 2. The van der Waals surface area contributed by atoms with Gasteiger partial charge in [-0.05, 0) is 56.0 Å². The second-order valence-corrected chi connectivity index (χ2v) is 6.87. The Bertz CT molecular complexity index is 853. The van der Waals surface area contributed by atoms with Crippen LogP contribution in [0.15, 0.2) is 30.3 Å². The van der Waals surface area contributed by atoms with Gasteiger partial charge in [-0.3, -0.25) is 4.79 Å². The molecule has 0 unspecified atom stereocenters. The number of hydrogen-bond acceptors (Lipinski definition) is 4. The molecular weight excluding hydrogens is 399 g/mol. The Hall–Kier alpha value is -2.39. The summed E-state index contributed by atoms with van der Waals surface area (Å²) in [6.07, 6.45) is -1.53. The zero-order valence-corrected chi connectivity index (χ0v) is 15.4. The molecule has 1 fully saturated rings. The van der Waals surface area contributed by atoms with Gasteiger partial charge in [0.1, 0.15) is 5.82 Å². The van der Waals surface area contributed by atoms with Crippen LogP contribution in [0.3, 0.4) is 0 Å². The van der Waals surface area contributed by atoms with E-state index in [2.05, 4.69) is 10.3 Å². The lowest BCUT2D eigenvalue weighted by Gasteiger charge is -2.24. The van der Waals surface area contributed by atoms with E-state index >= 15 is 0 Å². The molecule has 28 heavy (non-hydrogen) atoms. The number of anilines is 1. The predicted molar refractivity (Wildman–Crippen MR) is 99.0 cm³/mol. The Kier molecular flexibility index (Phi) is 7.20. The van der Waals surface area contributed by atoms with Crippen molar-refractivity contribution in [1.29, 1.82) is 0 Å². The average molecular weight is 418 g/mol. The normalized spacial score (nSPS) is 19.5. The lowest BCUT2D eigenvalue weighted by molar-refractivity contribution is -0.192. The van der Waals surface area contributed by atoms with Crippen molar-refractivity contribution in [3.8, 4) is 0 Å². The third kappa shape index (κ3) is 6.35. The van der Waals surface area contributed by atoms with Crippen molar-refractivity contribution in [1.82, 2.24) is 4.98 Å². The number of aromatic nitrogens is 1. The van der Waals surface area contributed by atoms with Crippen LogP contribution >= 0.6 is 11.6 Å². The van der Waals surface area contributed by atoms with Crippen LogP contribution < -0.4 is 11.1 Å². The SMILES string of the molecule is NC1CCC(C(=O)Nc2ccc3cc(Cl)ccc3n2)CC1.O=C(O)C(F)(F)F. The predicted octanol–water partition coefficient (Wildman–Crippen LogP) is 3.98. The van der Waals surface area contributed by atoms with E-state index in [4.69, 9.17) is 27.2 Å². The first-order valence-electron chi connectivity index (χ1n) is 8.49. The van der Waals surface area contributed by atoms with Gasteiger partial charge >= 0.3 is 12.1 Å². The summed E-state index contributed by atoms with van der Waals surface area (Å²) in [7, 11) is 0. The van der Waals surface area contributed by atoms with Crippen LogP contribution in [-0.4, -0.2) is 34.2 Å². The highest BCUT2D eigenvalue weighted by molar-refractivity contribution is 6.31. The first-order chi connectivity index (χ1) is 13.1. The highest BCUT2D eigenvalue weighted by Gasteiger charge is 2.38. The molecular formula is C18H19ClF3N3O3. The fourth-order valence-corrected chi connectivity index (χ4v) is 2.96. The molecule has 1 amide bonds. The summed E-state index contributed by atoms with van der Waals surface area (Å²) >= 11 is 5.95. The number of carbonyl (C=O) groups excluding carboxylic acids is 1. The van der Waals surface area contributed by atoms with Crippen LogP contribution in [0.2, 0.25) is 5.02 Å². The molecule has 2 aromatic rings. The van der Waals surface area contributed by atoms with Crippen molar-refractivity contribution in [3.05, 3.63) is 35.4 Å². The number of rotatable bonds is 2. The second-order valence-electron chi connectivity index (χ2n) is 6.44. The van der Waals surface area contributed by atoms with E-state index < -0.39 is 12.1 Å². The molecule has 6 nitrogen and oxygen atoms in total. The number of benzene rings is 1. The molecule has 1 heterocycles. The maximum Gasteiger partial charge on any atom is 0.490 e. The fraction of sp³-hybridized carbons (Fsp3) is 0.389. The zero-order valence-electron chi connectivity index (χ0n) is 14.7. The molecule has 1 aliphatic carbocycles. The third-order valence-corrected chi connectivity index (χ3v) is 4.52. The number of carboxylic acids is 1. The topological polar surface area (TPSA) is 105 Å². The van der Waals surface area contributed by atoms with E-state index in [1.54, 1.807) is 6.07 Å². The average Bonchev–Trinajstić information content (AvgIpc) is 2.62. The van der Waals surface area contributed by atoms with Crippen LogP contribution in [0.25, 0.3) is 10.9 Å². The number of nitrogens with zero attached hydrogens (tertiary/aromatic N) is 1. The molecule has 0 radical (unpaired) electrons. The van der Waals surface area contributed by atoms with Crippen molar-refractivity contribution in [2.75, 3.05) is 5.32 Å². The van der Waals surface area contributed by atoms with Gasteiger partial charge in [0.05, 0.1) is 5.52 Å². The Morgan fingerprint density at radius 3 is 2.32 bits per heavy atom. The number of halogens is 4. The molecule has 1 aliphatic rings. The first kappa shape index (κ1) is 21.9. The minimum atomic E-state index is -5.08. The monoisotopic (exact) mass is 417 g/mol. The van der Waals surface area contributed by atoms with Gasteiger partial charge in [-0.15, -0.1) is 0 Å². The molecule has 3 rings (SSSR count). The van der Waals surface area contributed by atoms with Crippen molar-refractivity contribution < 1.29 is 27.9 Å². The number of carboxylic acid groups (broad SMARTS) is 1. The number of nitrogens with one attached hydrogen (secondary N) is 1. The number of fused-ring (bicyclic) bond motifs is 1. The van der Waals surface area contributed by atoms with E-state index in [1.807, 2.05) is 24.3 Å². The molecule has 0 atom stereocenters. The van der Waals surface area contributed by atoms with Gasteiger partial charge in [-0.1, -0.05) is 11.6 Å². The lowest BCUT2D eigenvalue weighted by Crippen LogP contribution is -2.32. The molecule has 0 spiro atoms. The van der Waals surface area contributed by atoms with Gasteiger partial charge in [-0.2, -0.15) is 13.2 Å². The van der Waals surface area contributed by atoms with Gasteiger partial charge in [-0.25, -0.2) is 9.78 Å². The maximum absolute atomic E-state index is 12.3. The van der Waals surface area contributed by atoms with E-state index in [1.165, 1.54) is 0 Å². The molecule has 1 saturated carbocycles. The maximum atomic E-state index is 12.3. The van der Waals surface area contributed by atoms with Crippen molar-refractivity contribution in [2.45, 2.75) is 37.9 Å². The van der Waals surface area contributed by atoms with Gasteiger partial charge in [0.25, 0.3) is 0 Å². The number of alkyl halides is 3. The van der Waals surface area contributed by atoms with Crippen LogP contribution in [0.4, 0.5) is 19.0 Å². The van der Waals surface area contributed by atoms with Gasteiger partial charge < -0.3 is 16.2 Å². The van der Waals surface area contributed by atoms with E-state index in [9.17, 15) is 18.0 Å². The first-order valence-corrected chi connectivity index (χ1v) is 8.87. The van der Waals surface area contributed by atoms with Crippen molar-refractivity contribution >= 4 is 40.2 Å². The molecule has 4 N–H and O–H groups in total. The summed E-state index contributed by atoms with van der Waals surface area (Å²) in [6.45, 7) is 0. The number of pyridine rings is 1. The van der Waals surface area contributed by atoms with Crippen LogP contribution in [0, 0.1) is 5.92 Å². The molecule has 10 heteroatoms. The summed E-state index contributed by atoms with van der Waals surface area (Å²) < 4.78 is 31.7. The third-order valence-electron chi connectivity index (χ3n) is 4.29. The largest absolute Gasteiger partial charge is 0.490 e. The Morgan fingerprint density at radius 2 is 1.75 bits per heavy atom. The quantitative estimate of drug-likeness (QED) is 0.685. The van der Waals surface area contributed by atoms with Gasteiger partial charge in [0.2, 0.25) is 5.91 Å². The molecule has 1 aromatic heterocycles. The Morgan fingerprint density at radius 1 is 1.14 bits per heavy atom. The summed E-state index contributed by atoms with van der Waals surface area (Å²) in [5.41, 5.74) is 6.69. The van der Waals surface area contributed by atoms with Crippen molar-refractivity contribution in [3.63, 3.8) is 0 Å². The minimum absolute atomic E-state index is 0.0442. The van der Waals surface area contributed by atoms with Crippen molar-refractivity contribution in [2.24, 2.45) is 11.7 Å². The molecule has 1 aromatic carbocycles. The summed E-state index contributed by atoms with van der Waals surface area (Å²) in [6, 6.07) is 9.49. The Labute approximate surface area is 163 Å². The number of hydrogen-bond donors (Lipinski definition) is 3. The summed E-state index contributed by atoms with van der Waals surface area (Å²) in [5, 5.41) is 11.7. The summed E-state index contributed by atoms with van der Waals surface area (Å²) in [4.78, 5) is 25.6. The van der Waals surface area contributed by atoms with Crippen LogP contribution in [-0.2, 0) is 9.59 Å². The number of nitrogens with two attached hydrogens (primary N) is 1. The summed E-state index contributed by atoms with van der Waals surface area (Å²) in [5.74, 6) is -2.08. The molecule has 0 aliphatic heterocycles.